The number of Topliss-reactive ketones (excluding diaryl/α,β-unsaturated/α-hetero) is 2. The van der Waals surface area contributed by atoms with E-state index in [-0.39, 0.29) is 64.1 Å². The van der Waals surface area contributed by atoms with Gasteiger partial charge in [0.15, 0.2) is 11.6 Å². The average Bonchev–Trinajstić information content (AvgIpc) is 3.64. The number of hydrogen-bond acceptors (Lipinski definition) is 7. The summed E-state index contributed by atoms with van der Waals surface area (Å²) < 4.78 is 11.6. The van der Waals surface area contributed by atoms with Crippen LogP contribution in [0.15, 0.2) is 34.0 Å². The number of nitrogens with one attached hydrogen (secondary N) is 1. The zero-order chi connectivity index (χ0) is 36.7. The van der Waals surface area contributed by atoms with Crippen molar-refractivity contribution in [1.82, 2.24) is 5.32 Å². The van der Waals surface area contributed by atoms with Crippen molar-refractivity contribution in [2.24, 2.45) is 56.2 Å². The highest BCUT2D eigenvalue weighted by Crippen LogP contribution is 2.76. The number of carbonyl (C=O) groups is 4. The van der Waals surface area contributed by atoms with Crippen molar-refractivity contribution >= 4 is 23.5 Å². The molecular formula is C42H61NO7. The van der Waals surface area contributed by atoms with Gasteiger partial charge in [-0.1, -0.05) is 48.5 Å². The summed E-state index contributed by atoms with van der Waals surface area (Å²) in [7, 11) is 0. The first-order chi connectivity index (χ1) is 23.2. The fourth-order valence-corrected chi connectivity index (χ4v) is 12.7. The minimum atomic E-state index is -1.17. The molecule has 0 aliphatic heterocycles. The zero-order valence-corrected chi connectivity index (χ0v) is 32.0. The van der Waals surface area contributed by atoms with Crippen LogP contribution in [0, 0.1) is 56.2 Å². The number of ketones is 2. The van der Waals surface area contributed by atoms with Crippen LogP contribution in [0.3, 0.4) is 0 Å². The van der Waals surface area contributed by atoms with Crippen molar-refractivity contribution in [1.29, 1.82) is 0 Å². The minimum absolute atomic E-state index is 0.0275. The van der Waals surface area contributed by atoms with Crippen molar-refractivity contribution in [2.45, 2.75) is 139 Å². The highest BCUT2D eigenvalue weighted by molar-refractivity contribution is 6.07. The molecule has 2 N–H and O–H groups in total. The summed E-state index contributed by atoms with van der Waals surface area (Å²) in [6, 6.07) is 3.75. The molecule has 4 saturated carbocycles. The zero-order valence-electron chi connectivity index (χ0n) is 32.0. The molecule has 1 aromatic rings. The summed E-state index contributed by atoms with van der Waals surface area (Å²) in [6.45, 7) is 20.1. The first-order valence-electron chi connectivity index (χ1n) is 19.2. The van der Waals surface area contributed by atoms with Crippen LogP contribution in [0.5, 0.6) is 0 Å². The molecule has 8 atom stereocenters. The molecule has 1 heterocycles. The Labute approximate surface area is 298 Å². The Hall–Kier alpha value is -2.74. The van der Waals surface area contributed by atoms with Gasteiger partial charge in [-0.25, -0.2) is 0 Å². The van der Waals surface area contributed by atoms with Crippen molar-refractivity contribution < 1.29 is 33.4 Å². The van der Waals surface area contributed by atoms with Crippen molar-refractivity contribution in [3.8, 4) is 0 Å². The second-order valence-electron chi connectivity index (χ2n) is 19.1. The van der Waals surface area contributed by atoms with Crippen LogP contribution in [0.1, 0.15) is 132 Å². The van der Waals surface area contributed by atoms with Gasteiger partial charge >= 0.3 is 11.9 Å². The molecular weight excluding hydrogens is 630 g/mol. The van der Waals surface area contributed by atoms with E-state index in [9.17, 15) is 24.3 Å². The third-order valence-corrected chi connectivity index (χ3v) is 15.5. The maximum absolute atomic E-state index is 14.4. The molecule has 50 heavy (non-hydrogen) atoms. The fourth-order valence-electron chi connectivity index (χ4n) is 12.7. The Kier molecular flexibility index (Phi) is 9.22. The van der Waals surface area contributed by atoms with Gasteiger partial charge in [0.1, 0.15) is 11.9 Å². The number of carboxylic acids is 1. The van der Waals surface area contributed by atoms with E-state index in [2.05, 4.69) is 53.8 Å². The molecule has 0 spiro atoms. The number of ether oxygens (including phenoxy) is 1. The number of furan rings is 1. The molecule has 0 unspecified atom stereocenters. The Morgan fingerprint density at radius 2 is 1.70 bits per heavy atom. The summed E-state index contributed by atoms with van der Waals surface area (Å²) in [6.07, 6.45) is 9.07. The monoisotopic (exact) mass is 691 g/mol. The first kappa shape index (κ1) is 37.0. The van der Waals surface area contributed by atoms with Crippen LogP contribution in [0.4, 0.5) is 0 Å². The molecule has 0 radical (unpaired) electrons. The summed E-state index contributed by atoms with van der Waals surface area (Å²) in [5.41, 5.74) is -0.00419. The standard InChI is InChI=1S/C42H61NO7/c1-25(2)34-28(44)21-42(31(45)24-43-23-26-11-10-20-49-26)19-18-40(8)27(35(34)42)12-13-30-39(7)16-15-32(50-33(46)22-37(3,4)36(47)48)38(5,6)29(39)14-17-41(30,40)9/h10-11,20,25,27,29-30,32,43H,12-19,21-24H2,1-9H3,(H,47,48)/t27-,29+,30-,32+,39+,40-,41-,42+/m1/s1. The molecule has 0 amide bonds. The number of allylic oxidation sites excluding steroid dienone is 2. The predicted molar refractivity (Wildman–Crippen MR) is 191 cm³/mol. The Morgan fingerprint density at radius 1 is 0.980 bits per heavy atom. The van der Waals surface area contributed by atoms with Crippen LogP contribution in [-0.2, 0) is 30.5 Å². The maximum Gasteiger partial charge on any atom is 0.309 e. The van der Waals surface area contributed by atoms with E-state index >= 15 is 0 Å². The molecule has 1 aromatic heterocycles. The lowest BCUT2D eigenvalue weighted by Gasteiger charge is -2.72. The number of fused-ring (bicyclic) bond motifs is 7. The molecule has 0 aromatic carbocycles. The third-order valence-electron chi connectivity index (χ3n) is 15.5. The highest BCUT2D eigenvalue weighted by Gasteiger charge is 2.71. The first-order valence-corrected chi connectivity index (χ1v) is 19.2. The van der Waals surface area contributed by atoms with Gasteiger partial charge in [0.05, 0.1) is 36.6 Å². The number of aliphatic carboxylic acids is 1. The molecule has 0 saturated heterocycles. The summed E-state index contributed by atoms with van der Waals surface area (Å²) in [5.74, 6) is 0.778. The Balaban J connectivity index is 1.27. The molecule has 276 valence electrons. The van der Waals surface area contributed by atoms with Crippen LogP contribution in [0.25, 0.3) is 0 Å². The van der Waals surface area contributed by atoms with E-state index in [1.54, 1.807) is 20.1 Å². The lowest BCUT2D eigenvalue weighted by Crippen LogP contribution is -2.66. The Morgan fingerprint density at radius 3 is 2.34 bits per heavy atom. The highest BCUT2D eigenvalue weighted by atomic mass is 16.5. The normalized spacial score (nSPS) is 37.8. The molecule has 5 aliphatic carbocycles. The summed E-state index contributed by atoms with van der Waals surface area (Å²) in [4.78, 5) is 53.1. The van der Waals surface area contributed by atoms with Gasteiger partial charge in [-0.05, 0) is 128 Å². The lowest BCUT2D eigenvalue weighted by molar-refractivity contribution is -0.233. The second kappa shape index (κ2) is 12.4. The van der Waals surface area contributed by atoms with Gasteiger partial charge in [-0.2, -0.15) is 0 Å². The predicted octanol–water partition coefficient (Wildman–Crippen LogP) is 8.33. The Bertz CT molecular complexity index is 1570. The van der Waals surface area contributed by atoms with Crippen molar-refractivity contribution in [3.63, 3.8) is 0 Å². The largest absolute Gasteiger partial charge is 0.481 e. The number of rotatable bonds is 10. The molecule has 5 aliphatic rings. The van der Waals surface area contributed by atoms with Crippen LogP contribution >= 0.6 is 0 Å². The van der Waals surface area contributed by atoms with E-state index in [0.717, 1.165) is 62.7 Å². The summed E-state index contributed by atoms with van der Waals surface area (Å²) >= 11 is 0. The van der Waals surface area contributed by atoms with Gasteiger partial charge in [-0.3, -0.25) is 19.2 Å². The topological polar surface area (TPSA) is 123 Å². The van der Waals surface area contributed by atoms with E-state index in [4.69, 9.17) is 9.15 Å². The van der Waals surface area contributed by atoms with Crippen molar-refractivity contribution in [2.75, 3.05) is 6.54 Å². The van der Waals surface area contributed by atoms with E-state index in [0.29, 0.717) is 24.8 Å². The molecule has 8 heteroatoms. The smallest absolute Gasteiger partial charge is 0.309 e. The minimum Gasteiger partial charge on any atom is -0.481 e. The number of esters is 1. The molecule has 8 nitrogen and oxygen atoms in total. The van der Waals surface area contributed by atoms with Crippen LogP contribution in [-0.4, -0.2) is 41.3 Å². The molecule has 6 rings (SSSR count). The van der Waals surface area contributed by atoms with Gasteiger partial charge in [0, 0.05) is 11.8 Å². The number of carbonyl (C=O) groups excluding carboxylic acids is 3. The molecule has 4 fully saturated rings. The van der Waals surface area contributed by atoms with E-state index < -0.39 is 22.8 Å². The summed E-state index contributed by atoms with van der Waals surface area (Å²) in [5, 5.41) is 12.9. The number of hydrogen-bond donors (Lipinski definition) is 2. The van der Waals surface area contributed by atoms with Crippen molar-refractivity contribution in [3.05, 3.63) is 35.3 Å². The third kappa shape index (κ3) is 5.47. The van der Waals surface area contributed by atoms with Gasteiger partial charge in [0.2, 0.25) is 0 Å². The fraction of sp³-hybridized carbons (Fsp3) is 0.762. The quantitative estimate of drug-likeness (QED) is 0.235. The van der Waals surface area contributed by atoms with E-state index in [1.165, 1.54) is 5.57 Å². The lowest BCUT2D eigenvalue weighted by atomic mass is 9.33. The molecule has 0 bridgehead atoms. The van der Waals surface area contributed by atoms with Crippen LogP contribution < -0.4 is 5.32 Å². The van der Waals surface area contributed by atoms with Gasteiger partial charge < -0.3 is 19.6 Å². The van der Waals surface area contributed by atoms with E-state index in [1.807, 2.05) is 12.1 Å². The second-order valence-corrected chi connectivity index (χ2v) is 19.1. The SMILES string of the molecule is CC(C)C1=C2[C@H]3CC[C@@H]4[C@@]5(C)CC[C@H](OC(=O)CC(C)(C)C(=O)O)C(C)(C)[C@@H]5CC[C@@]4(C)[C@]3(C)CC[C@@]2(C(=O)CNCc2ccco2)CC1=O. The van der Waals surface area contributed by atoms with Gasteiger partial charge in [-0.15, -0.1) is 0 Å². The van der Waals surface area contributed by atoms with Crippen LogP contribution in [0.2, 0.25) is 0 Å². The average molecular weight is 692 g/mol. The number of carboxylic acid groups (broad SMARTS) is 1. The van der Waals surface area contributed by atoms with Gasteiger partial charge in [0.25, 0.3) is 0 Å². The maximum atomic E-state index is 14.4.